The van der Waals surface area contributed by atoms with E-state index in [-0.39, 0.29) is 17.6 Å². The first-order chi connectivity index (χ1) is 21.5. The smallest absolute Gasteiger partial charge is 0.254 e. The molecule has 0 aliphatic carbocycles. The highest BCUT2D eigenvalue weighted by atomic mass is 19.1. The molecule has 8 nitrogen and oxygen atoms in total. The van der Waals surface area contributed by atoms with E-state index in [0.717, 1.165) is 61.5 Å². The van der Waals surface area contributed by atoms with E-state index in [1.54, 1.807) is 0 Å². The van der Waals surface area contributed by atoms with Crippen molar-refractivity contribution in [1.82, 2.24) is 15.1 Å². The number of hydrogen-bond donors (Lipinski definition) is 1. The van der Waals surface area contributed by atoms with Gasteiger partial charge in [0.15, 0.2) is 11.5 Å². The maximum absolute atomic E-state index is 14.0. The van der Waals surface area contributed by atoms with Crippen molar-refractivity contribution in [2.24, 2.45) is 0 Å². The molecule has 3 aliphatic rings. The van der Waals surface area contributed by atoms with Crippen LogP contribution in [0.2, 0.25) is 0 Å². The lowest BCUT2D eigenvalue weighted by atomic mass is 9.75. The third-order valence-electron chi connectivity index (χ3n) is 8.98. The summed E-state index contributed by atoms with van der Waals surface area (Å²) in [5, 5.41) is 3.22. The van der Waals surface area contributed by atoms with Crippen LogP contribution in [0.25, 0.3) is 0 Å². The van der Waals surface area contributed by atoms with E-state index in [1.165, 1.54) is 12.1 Å². The minimum atomic E-state index is -0.533. The van der Waals surface area contributed by atoms with E-state index in [2.05, 4.69) is 15.1 Å². The first-order valence-electron chi connectivity index (χ1n) is 15.8. The summed E-state index contributed by atoms with van der Waals surface area (Å²) in [6.45, 7) is 10.5. The maximum atomic E-state index is 14.0. The number of anilines is 1. The van der Waals surface area contributed by atoms with Crippen molar-refractivity contribution >= 4 is 17.5 Å². The minimum Gasteiger partial charge on any atom is -0.490 e. The van der Waals surface area contributed by atoms with Crippen molar-refractivity contribution in [2.45, 2.75) is 38.6 Å². The molecule has 0 spiro atoms. The number of amides is 2. The first-order valence-corrected chi connectivity index (χ1v) is 15.8. The van der Waals surface area contributed by atoms with Gasteiger partial charge >= 0.3 is 0 Å². The monoisotopic (exact) mass is 600 g/mol. The van der Waals surface area contributed by atoms with Gasteiger partial charge in [0.25, 0.3) is 5.91 Å². The Morgan fingerprint density at radius 2 is 1.61 bits per heavy atom. The molecular formula is C35H41FN4O4. The lowest BCUT2D eigenvalue weighted by molar-refractivity contribution is -0.124. The highest BCUT2D eigenvalue weighted by molar-refractivity contribution is 6.01. The van der Waals surface area contributed by atoms with Gasteiger partial charge < -0.3 is 24.6 Å². The van der Waals surface area contributed by atoms with Gasteiger partial charge in [-0.05, 0) is 92.4 Å². The summed E-state index contributed by atoms with van der Waals surface area (Å²) >= 11 is 0. The number of hydrogen-bond acceptors (Lipinski definition) is 6. The van der Waals surface area contributed by atoms with Crippen LogP contribution < -0.4 is 19.7 Å². The number of rotatable bonds is 10. The molecule has 0 aromatic heterocycles. The lowest BCUT2D eigenvalue weighted by Gasteiger charge is -2.45. The van der Waals surface area contributed by atoms with Crippen LogP contribution in [0.3, 0.4) is 0 Å². The lowest BCUT2D eigenvalue weighted by Crippen LogP contribution is -2.50. The Bertz CT molecular complexity index is 1490. The SMILES string of the molecule is CCOc1cc2c(cc1OCC)[C@H]1[C@H](C(=O)NCCCN3CCN(c4ccc(F)cc4)CC3)c3ccccc3C(=O)N1CC2. The van der Waals surface area contributed by atoms with Crippen LogP contribution in [0.5, 0.6) is 11.5 Å². The molecule has 2 amide bonds. The molecule has 3 aromatic carbocycles. The Kier molecular flexibility index (Phi) is 9.02. The fraction of sp³-hybridized carbons (Fsp3) is 0.429. The van der Waals surface area contributed by atoms with E-state index in [0.29, 0.717) is 49.8 Å². The standard InChI is InChI=1S/C35H41FN4O4/c1-3-43-30-22-24-14-17-40-33(29(24)23-31(30)44-4-2)32(27-8-5-6-9-28(27)35(40)42)34(41)37-15-7-16-38-18-20-39(21-19-38)26-12-10-25(36)11-13-26/h5-6,8-13,22-23,32-33H,3-4,7,14-21H2,1-2H3,(H,37,41)/t32-,33+/m1/s1. The summed E-state index contributed by atoms with van der Waals surface area (Å²) in [6.07, 6.45) is 1.52. The zero-order valence-electron chi connectivity index (χ0n) is 25.6. The van der Waals surface area contributed by atoms with Crippen LogP contribution in [0, 0.1) is 5.82 Å². The number of carbonyl (C=O) groups is 2. The highest BCUT2D eigenvalue weighted by Gasteiger charge is 2.46. The molecule has 0 bridgehead atoms. The zero-order chi connectivity index (χ0) is 30.6. The second-order valence-electron chi connectivity index (χ2n) is 11.6. The average Bonchev–Trinajstić information content (AvgIpc) is 3.04. The molecule has 9 heteroatoms. The van der Waals surface area contributed by atoms with E-state index < -0.39 is 12.0 Å². The first kappa shape index (κ1) is 29.9. The van der Waals surface area contributed by atoms with Crippen molar-refractivity contribution in [2.75, 3.05) is 63.9 Å². The number of fused-ring (bicyclic) bond motifs is 4. The van der Waals surface area contributed by atoms with Crippen molar-refractivity contribution in [3.8, 4) is 11.5 Å². The second kappa shape index (κ2) is 13.3. The highest BCUT2D eigenvalue weighted by Crippen LogP contribution is 2.48. The van der Waals surface area contributed by atoms with Gasteiger partial charge in [0, 0.05) is 50.5 Å². The molecular weight excluding hydrogens is 559 g/mol. The van der Waals surface area contributed by atoms with Gasteiger partial charge in [-0.3, -0.25) is 14.5 Å². The molecule has 0 saturated carbocycles. The molecule has 44 heavy (non-hydrogen) atoms. The van der Waals surface area contributed by atoms with Crippen LogP contribution in [0.1, 0.15) is 59.3 Å². The molecule has 6 rings (SSSR count). The Labute approximate surface area is 258 Å². The van der Waals surface area contributed by atoms with E-state index in [9.17, 15) is 14.0 Å². The van der Waals surface area contributed by atoms with Gasteiger partial charge in [-0.25, -0.2) is 4.39 Å². The maximum Gasteiger partial charge on any atom is 0.254 e. The number of piperazine rings is 1. The van der Waals surface area contributed by atoms with Crippen LogP contribution in [-0.4, -0.2) is 80.6 Å². The number of nitrogens with one attached hydrogen (secondary N) is 1. The normalized spacial score (nSPS) is 19.6. The number of benzene rings is 3. The second-order valence-corrected chi connectivity index (χ2v) is 11.6. The molecule has 3 aromatic rings. The molecule has 3 aliphatic heterocycles. The fourth-order valence-electron chi connectivity index (χ4n) is 6.86. The number of nitrogens with zero attached hydrogens (tertiary/aromatic N) is 3. The Morgan fingerprint density at radius 3 is 2.34 bits per heavy atom. The molecule has 1 fully saturated rings. The third-order valence-corrected chi connectivity index (χ3v) is 8.98. The molecule has 232 valence electrons. The number of carbonyl (C=O) groups excluding carboxylic acids is 2. The quantitative estimate of drug-likeness (QED) is 0.338. The van der Waals surface area contributed by atoms with Gasteiger partial charge in [-0.2, -0.15) is 0 Å². The topological polar surface area (TPSA) is 74.4 Å². The largest absolute Gasteiger partial charge is 0.490 e. The zero-order valence-corrected chi connectivity index (χ0v) is 25.6. The molecule has 1 saturated heterocycles. The summed E-state index contributed by atoms with van der Waals surface area (Å²) in [5.74, 6) is 0.481. The van der Waals surface area contributed by atoms with Gasteiger partial charge in [0.05, 0.1) is 25.2 Å². The average molecular weight is 601 g/mol. The van der Waals surface area contributed by atoms with Crippen LogP contribution in [0.4, 0.5) is 10.1 Å². The number of halogens is 1. The van der Waals surface area contributed by atoms with E-state index >= 15 is 0 Å². The Hall–Kier alpha value is -4.11. The van der Waals surface area contributed by atoms with E-state index in [4.69, 9.17) is 9.47 Å². The van der Waals surface area contributed by atoms with Crippen molar-refractivity contribution in [1.29, 1.82) is 0 Å². The van der Waals surface area contributed by atoms with Crippen LogP contribution in [-0.2, 0) is 11.2 Å². The summed E-state index contributed by atoms with van der Waals surface area (Å²) in [5.41, 5.74) is 4.45. The summed E-state index contributed by atoms with van der Waals surface area (Å²) in [7, 11) is 0. The summed E-state index contributed by atoms with van der Waals surface area (Å²) < 4.78 is 25.1. The van der Waals surface area contributed by atoms with E-state index in [1.807, 2.05) is 67.3 Å². The third kappa shape index (κ3) is 5.98. The van der Waals surface area contributed by atoms with Gasteiger partial charge in [0.1, 0.15) is 5.82 Å². The van der Waals surface area contributed by atoms with Crippen LogP contribution in [0.15, 0.2) is 60.7 Å². The molecule has 2 atom stereocenters. The van der Waals surface area contributed by atoms with Gasteiger partial charge in [0.2, 0.25) is 5.91 Å². The van der Waals surface area contributed by atoms with Crippen molar-refractivity contribution < 1.29 is 23.5 Å². The molecule has 3 heterocycles. The summed E-state index contributed by atoms with van der Waals surface area (Å²) in [6, 6.07) is 17.8. The summed E-state index contributed by atoms with van der Waals surface area (Å²) in [4.78, 5) is 34.3. The Balaban J connectivity index is 1.15. The van der Waals surface area contributed by atoms with Gasteiger partial charge in [-0.15, -0.1) is 0 Å². The van der Waals surface area contributed by atoms with Crippen molar-refractivity contribution in [3.05, 3.63) is 88.7 Å². The van der Waals surface area contributed by atoms with Gasteiger partial charge in [-0.1, -0.05) is 18.2 Å². The predicted molar refractivity (Wildman–Crippen MR) is 168 cm³/mol. The molecule has 0 unspecified atom stereocenters. The molecule has 1 N–H and O–H groups in total. The van der Waals surface area contributed by atoms with Crippen LogP contribution >= 0.6 is 0 Å². The fourth-order valence-corrected chi connectivity index (χ4v) is 6.86. The Morgan fingerprint density at radius 1 is 0.909 bits per heavy atom. The molecule has 0 radical (unpaired) electrons. The predicted octanol–water partition coefficient (Wildman–Crippen LogP) is 4.79. The number of ether oxygens (including phenoxy) is 2. The van der Waals surface area contributed by atoms with Crippen molar-refractivity contribution in [3.63, 3.8) is 0 Å². The minimum absolute atomic E-state index is 0.0353.